The number of aromatic nitrogens is 4. The van der Waals surface area contributed by atoms with Gasteiger partial charge in [0, 0.05) is 20.3 Å². The monoisotopic (exact) mass is 264 g/mol. The summed E-state index contributed by atoms with van der Waals surface area (Å²) in [5.74, 6) is -0.595. The molecule has 2 N–H and O–H groups in total. The van der Waals surface area contributed by atoms with Crippen molar-refractivity contribution in [2.75, 3.05) is 12.4 Å². The molecule has 2 rings (SSSR count). The van der Waals surface area contributed by atoms with Gasteiger partial charge in [0.1, 0.15) is 6.33 Å². The van der Waals surface area contributed by atoms with Crippen LogP contribution in [0.15, 0.2) is 18.6 Å². The molecule has 0 aliphatic rings. The third kappa shape index (κ3) is 2.67. The summed E-state index contributed by atoms with van der Waals surface area (Å²) >= 11 is 0. The predicted octanol–water partition coefficient (Wildman–Crippen LogP) is 0.321. The van der Waals surface area contributed by atoms with Crippen molar-refractivity contribution in [1.82, 2.24) is 25.1 Å². The van der Waals surface area contributed by atoms with Crippen LogP contribution in [0.1, 0.15) is 16.2 Å². The molecule has 0 bridgehead atoms. The summed E-state index contributed by atoms with van der Waals surface area (Å²) in [6.07, 6.45) is 2.89. The van der Waals surface area contributed by atoms with Crippen LogP contribution in [0.5, 0.6) is 0 Å². The molecule has 2 heterocycles. The van der Waals surface area contributed by atoms with Crippen LogP contribution in [-0.4, -0.2) is 32.7 Å². The maximum atomic E-state index is 13.8. The lowest BCUT2D eigenvalue weighted by Gasteiger charge is -2.07. The Balaban J connectivity index is 2.10. The van der Waals surface area contributed by atoms with Gasteiger partial charge in [0.25, 0.3) is 5.91 Å². The van der Waals surface area contributed by atoms with Crippen LogP contribution < -0.4 is 10.6 Å². The summed E-state index contributed by atoms with van der Waals surface area (Å²) in [7, 11) is 3.29. The maximum Gasteiger partial charge on any atom is 0.254 e. The van der Waals surface area contributed by atoms with Crippen molar-refractivity contribution in [3.8, 4) is 0 Å². The Labute approximate surface area is 108 Å². The number of hydrogen-bond acceptors (Lipinski definition) is 5. The second-order valence-electron chi connectivity index (χ2n) is 3.81. The molecule has 7 nitrogen and oxygen atoms in total. The summed E-state index contributed by atoms with van der Waals surface area (Å²) in [6.45, 7) is 0.173. The SMILES string of the molecule is CNc1nccc(C(=O)NCc2nncn2C)c1F. The molecule has 2 aromatic heterocycles. The fraction of sp³-hybridized carbons (Fsp3) is 0.273. The number of nitrogens with zero attached hydrogens (tertiary/aromatic N) is 4. The number of halogens is 1. The number of anilines is 1. The van der Waals surface area contributed by atoms with Gasteiger partial charge in [-0.2, -0.15) is 0 Å². The Kier molecular flexibility index (Phi) is 3.69. The highest BCUT2D eigenvalue weighted by Crippen LogP contribution is 2.14. The van der Waals surface area contributed by atoms with Crippen molar-refractivity contribution < 1.29 is 9.18 Å². The fourth-order valence-corrected chi connectivity index (χ4v) is 1.52. The molecule has 0 atom stereocenters. The average molecular weight is 264 g/mol. The third-order valence-electron chi connectivity index (χ3n) is 2.58. The van der Waals surface area contributed by atoms with Crippen LogP contribution in [0.25, 0.3) is 0 Å². The zero-order valence-electron chi connectivity index (χ0n) is 10.5. The van der Waals surface area contributed by atoms with Gasteiger partial charge in [-0.05, 0) is 6.07 Å². The van der Waals surface area contributed by atoms with Crippen molar-refractivity contribution in [3.63, 3.8) is 0 Å². The van der Waals surface area contributed by atoms with E-state index in [1.807, 2.05) is 0 Å². The summed E-state index contributed by atoms with van der Waals surface area (Å²) in [5.41, 5.74) is -0.0680. The van der Waals surface area contributed by atoms with Gasteiger partial charge < -0.3 is 15.2 Å². The molecule has 100 valence electrons. The highest BCUT2D eigenvalue weighted by molar-refractivity contribution is 5.95. The first-order chi connectivity index (χ1) is 9.13. The van der Waals surface area contributed by atoms with Crippen LogP contribution in [0, 0.1) is 5.82 Å². The van der Waals surface area contributed by atoms with E-state index in [0.717, 1.165) is 0 Å². The van der Waals surface area contributed by atoms with Gasteiger partial charge in [-0.25, -0.2) is 9.37 Å². The lowest BCUT2D eigenvalue weighted by Crippen LogP contribution is -2.25. The Morgan fingerprint density at radius 2 is 2.32 bits per heavy atom. The summed E-state index contributed by atoms with van der Waals surface area (Å²) in [5, 5.41) is 12.7. The molecule has 19 heavy (non-hydrogen) atoms. The van der Waals surface area contributed by atoms with E-state index in [9.17, 15) is 9.18 Å². The van der Waals surface area contributed by atoms with Crippen LogP contribution in [-0.2, 0) is 13.6 Å². The molecular formula is C11H13FN6O. The second kappa shape index (κ2) is 5.42. The minimum atomic E-state index is -0.680. The molecule has 0 aromatic carbocycles. The van der Waals surface area contributed by atoms with Crippen LogP contribution in [0.3, 0.4) is 0 Å². The Bertz CT molecular complexity index is 597. The molecule has 0 spiro atoms. The number of nitrogens with one attached hydrogen (secondary N) is 2. The molecule has 0 aliphatic heterocycles. The zero-order valence-corrected chi connectivity index (χ0v) is 10.5. The quantitative estimate of drug-likeness (QED) is 0.830. The smallest absolute Gasteiger partial charge is 0.254 e. The summed E-state index contributed by atoms with van der Waals surface area (Å²) in [6, 6.07) is 1.32. The number of pyridine rings is 1. The molecule has 8 heteroatoms. The standard InChI is InChI=1S/C11H13FN6O/c1-13-10-9(12)7(3-4-14-10)11(19)15-5-8-17-16-6-18(8)2/h3-4,6H,5H2,1-2H3,(H,13,14)(H,15,19). The van der Waals surface area contributed by atoms with Crippen molar-refractivity contribution >= 4 is 11.7 Å². The second-order valence-corrected chi connectivity index (χ2v) is 3.81. The first-order valence-electron chi connectivity index (χ1n) is 5.56. The molecule has 0 saturated carbocycles. The zero-order chi connectivity index (χ0) is 13.8. The minimum Gasteiger partial charge on any atom is -0.371 e. The molecule has 0 saturated heterocycles. The first kappa shape index (κ1) is 12.9. The molecule has 0 radical (unpaired) electrons. The van der Waals surface area contributed by atoms with Crippen LogP contribution in [0.4, 0.5) is 10.2 Å². The van der Waals surface area contributed by atoms with Crippen molar-refractivity contribution in [2.45, 2.75) is 6.54 Å². The van der Waals surface area contributed by atoms with E-state index >= 15 is 0 Å². The van der Waals surface area contributed by atoms with E-state index in [2.05, 4.69) is 25.8 Å². The minimum absolute atomic E-state index is 0.0336. The number of carbonyl (C=O) groups is 1. The lowest BCUT2D eigenvalue weighted by atomic mass is 10.2. The van der Waals surface area contributed by atoms with Gasteiger partial charge in [-0.1, -0.05) is 0 Å². The van der Waals surface area contributed by atoms with E-state index in [0.29, 0.717) is 5.82 Å². The number of rotatable bonds is 4. The van der Waals surface area contributed by atoms with Crippen molar-refractivity contribution in [3.05, 3.63) is 35.8 Å². The molecular weight excluding hydrogens is 251 g/mol. The number of hydrogen-bond donors (Lipinski definition) is 2. The molecule has 2 aromatic rings. The summed E-state index contributed by atoms with van der Waals surface area (Å²) < 4.78 is 15.5. The highest BCUT2D eigenvalue weighted by atomic mass is 19.1. The number of carbonyl (C=O) groups excluding carboxylic acids is 1. The summed E-state index contributed by atoms with van der Waals surface area (Å²) in [4.78, 5) is 15.6. The van der Waals surface area contributed by atoms with E-state index in [-0.39, 0.29) is 17.9 Å². The van der Waals surface area contributed by atoms with Gasteiger partial charge >= 0.3 is 0 Å². The van der Waals surface area contributed by atoms with Gasteiger partial charge in [0.2, 0.25) is 0 Å². The molecule has 0 unspecified atom stereocenters. The molecule has 0 aliphatic carbocycles. The van der Waals surface area contributed by atoms with Crippen molar-refractivity contribution in [1.29, 1.82) is 0 Å². The third-order valence-corrected chi connectivity index (χ3v) is 2.58. The maximum absolute atomic E-state index is 13.8. The van der Waals surface area contributed by atoms with E-state index in [1.165, 1.54) is 25.6 Å². The van der Waals surface area contributed by atoms with Gasteiger partial charge in [0.05, 0.1) is 12.1 Å². The average Bonchev–Trinajstić information content (AvgIpc) is 2.82. The van der Waals surface area contributed by atoms with Gasteiger partial charge in [0.15, 0.2) is 17.5 Å². The highest BCUT2D eigenvalue weighted by Gasteiger charge is 2.15. The Hall–Kier alpha value is -2.51. The Morgan fingerprint density at radius 3 is 2.95 bits per heavy atom. The van der Waals surface area contributed by atoms with Gasteiger partial charge in [-0.15, -0.1) is 10.2 Å². The predicted molar refractivity (Wildman–Crippen MR) is 65.9 cm³/mol. The number of amides is 1. The lowest BCUT2D eigenvalue weighted by molar-refractivity contribution is 0.0945. The topological polar surface area (TPSA) is 84.7 Å². The normalized spacial score (nSPS) is 10.3. The fourth-order valence-electron chi connectivity index (χ4n) is 1.52. The van der Waals surface area contributed by atoms with Crippen molar-refractivity contribution in [2.24, 2.45) is 7.05 Å². The van der Waals surface area contributed by atoms with Crippen LogP contribution >= 0.6 is 0 Å². The van der Waals surface area contributed by atoms with Crippen LogP contribution in [0.2, 0.25) is 0 Å². The number of aryl methyl sites for hydroxylation is 1. The largest absolute Gasteiger partial charge is 0.371 e. The van der Waals surface area contributed by atoms with E-state index < -0.39 is 11.7 Å². The first-order valence-corrected chi connectivity index (χ1v) is 5.56. The molecule has 0 fully saturated rings. The Morgan fingerprint density at radius 1 is 1.53 bits per heavy atom. The van der Waals surface area contributed by atoms with E-state index in [4.69, 9.17) is 0 Å². The molecule has 1 amide bonds. The van der Waals surface area contributed by atoms with E-state index in [1.54, 1.807) is 11.6 Å². The van der Waals surface area contributed by atoms with Gasteiger partial charge in [-0.3, -0.25) is 4.79 Å².